The van der Waals surface area contributed by atoms with E-state index >= 15 is 0 Å². The van der Waals surface area contributed by atoms with Crippen molar-refractivity contribution in [2.45, 2.75) is 35.8 Å². The van der Waals surface area contributed by atoms with Gasteiger partial charge in [0.2, 0.25) is 0 Å². The lowest BCUT2D eigenvalue weighted by Crippen LogP contribution is -2.24. The molecule has 1 aromatic rings. The number of Topliss-reactive ketones (excluding diaryl/α,β-unsaturated/α-hetero) is 1. The summed E-state index contributed by atoms with van der Waals surface area (Å²) in [5.41, 5.74) is 0. The molecular weight excluding hydrogens is 244 g/mol. The van der Waals surface area contributed by atoms with Crippen molar-refractivity contribution in [2.75, 3.05) is 0 Å². The van der Waals surface area contributed by atoms with Crippen LogP contribution in [0.4, 0.5) is 0 Å². The normalized spacial score (nSPS) is 23.1. The Labute approximate surface area is 102 Å². The second kappa shape index (κ2) is 5.11. The second-order valence-corrected chi connectivity index (χ2v) is 6.09. The first-order chi connectivity index (χ1) is 7.68. The Kier molecular flexibility index (Phi) is 3.77. The van der Waals surface area contributed by atoms with E-state index in [2.05, 4.69) is 0 Å². The highest BCUT2D eigenvalue weighted by Crippen LogP contribution is 2.27. The lowest BCUT2D eigenvalue weighted by Gasteiger charge is -2.20. The maximum atomic E-state index is 12.2. The Morgan fingerprint density at radius 1 is 1.31 bits per heavy atom. The lowest BCUT2D eigenvalue weighted by atomic mass is 9.99. The quantitative estimate of drug-likeness (QED) is 0.815. The van der Waals surface area contributed by atoms with E-state index in [1.807, 2.05) is 12.1 Å². The van der Waals surface area contributed by atoms with Crippen molar-refractivity contribution in [2.24, 2.45) is 0 Å². The lowest BCUT2D eigenvalue weighted by molar-refractivity contribution is -0.120. The molecule has 0 heterocycles. The van der Waals surface area contributed by atoms with Crippen molar-refractivity contribution < 1.29 is 9.00 Å². The van der Waals surface area contributed by atoms with Crippen LogP contribution in [0.3, 0.4) is 0 Å². The third-order valence-corrected chi connectivity index (χ3v) is 5.03. The van der Waals surface area contributed by atoms with E-state index in [9.17, 15) is 9.00 Å². The Balaban J connectivity index is 2.19. The van der Waals surface area contributed by atoms with Gasteiger partial charge in [-0.3, -0.25) is 9.00 Å². The molecule has 1 aromatic carbocycles. The minimum Gasteiger partial charge on any atom is -0.300 e. The van der Waals surface area contributed by atoms with Crippen LogP contribution >= 0.6 is 11.6 Å². The number of ketones is 1. The van der Waals surface area contributed by atoms with Crippen LogP contribution in [-0.2, 0) is 15.6 Å². The SMILES string of the molecule is O=C1CCCC(S(=O)c2ccccc2Cl)C1. The van der Waals surface area contributed by atoms with Gasteiger partial charge in [-0.25, -0.2) is 0 Å². The zero-order chi connectivity index (χ0) is 11.5. The molecule has 0 N–H and O–H groups in total. The van der Waals surface area contributed by atoms with E-state index in [1.165, 1.54) is 0 Å². The number of halogens is 1. The average molecular weight is 257 g/mol. The van der Waals surface area contributed by atoms with Gasteiger partial charge in [-0.15, -0.1) is 0 Å². The largest absolute Gasteiger partial charge is 0.300 e. The highest BCUT2D eigenvalue weighted by molar-refractivity contribution is 7.85. The number of carbonyl (C=O) groups is 1. The Hall–Kier alpha value is -0.670. The molecule has 0 amide bonds. The van der Waals surface area contributed by atoms with Crippen molar-refractivity contribution in [1.82, 2.24) is 0 Å². The number of rotatable bonds is 2. The summed E-state index contributed by atoms with van der Waals surface area (Å²) in [6.07, 6.45) is 2.76. The number of benzene rings is 1. The average Bonchev–Trinajstić information content (AvgIpc) is 2.29. The fourth-order valence-electron chi connectivity index (χ4n) is 1.96. The molecule has 1 saturated carbocycles. The molecule has 0 spiro atoms. The summed E-state index contributed by atoms with van der Waals surface area (Å²) in [6, 6.07) is 7.15. The molecule has 2 unspecified atom stereocenters. The first kappa shape index (κ1) is 11.8. The fraction of sp³-hybridized carbons (Fsp3) is 0.417. The van der Waals surface area contributed by atoms with Gasteiger partial charge in [-0.05, 0) is 25.0 Å². The van der Waals surface area contributed by atoms with Crippen LogP contribution in [0.1, 0.15) is 25.7 Å². The first-order valence-electron chi connectivity index (χ1n) is 5.35. The van der Waals surface area contributed by atoms with Crippen LogP contribution in [0.15, 0.2) is 29.2 Å². The van der Waals surface area contributed by atoms with E-state index in [1.54, 1.807) is 12.1 Å². The van der Waals surface area contributed by atoms with Crippen molar-refractivity contribution >= 4 is 28.2 Å². The molecule has 86 valence electrons. The van der Waals surface area contributed by atoms with Crippen LogP contribution in [-0.4, -0.2) is 15.2 Å². The van der Waals surface area contributed by atoms with Crippen molar-refractivity contribution in [3.05, 3.63) is 29.3 Å². The zero-order valence-corrected chi connectivity index (χ0v) is 10.4. The van der Waals surface area contributed by atoms with Gasteiger partial charge in [0.15, 0.2) is 0 Å². The predicted octanol–water partition coefficient (Wildman–Crippen LogP) is 2.96. The fourth-order valence-corrected chi connectivity index (χ4v) is 3.87. The van der Waals surface area contributed by atoms with E-state index in [4.69, 9.17) is 11.6 Å². The monoisotopic (exact) mass is 256 g/mol. The molecule has 0 radical (unpaired) electrons. The molecular formula is C12H13ClO2S. The zero-order valence-electron chi connectivity index (χ0n) is 8.82. The molecule has 0 aromatic heterocycles. The van der Waals surface area contributed by atoms with Crippen LogP contribution in [0.5, 0.6) is 0 Å². The molecule has 2 rings (SSSR count). The van der Waals surface area contributed by atoms with Crippen LogP contribution in [0.25, 0.3) is 0 Å². The van der Waals surface area contributed by atoms with E-state index in [0.717, 1.165) is 12.8 Å². The molecule has 1 aliphatic rings. The summed E-state index contributed by atoms with van der Waals surface area (Å²) in [6.45, 7) is 0. The molecule has 1 fully saturated rings. The van der Waals surface area contributed by atoms with E-state index in [0.29, 0.717) is 22.8 Å². The summed E-state index contributed by atoms with van der Waals surface area (Å²) < 4.78 is 12.2. The molecule has 0 saturated heterocycles. The topological polar surface area (TPSA) is 34.1 Å². The molecule has 2 nitrogen and oxygen atoms in total. The van der Waals surface area contributed by atoms with Crippen molar-refractivity contribution in [1.29, 1.82) is 0 Å². The first-order valence-corrected chi connectivity index (χ1v) is 6.94. The molecule has 2 atom stereocenters. The number of carbonyl (C=O) groups excluding carboxylic acids is 1. The Morgan fingerprint density at radius 3 is 2.75 bits per heavy atom. The molecule has 0 bridgehead atoms. The van der Waals surface area contributed by atoms with Gasteiger partial charge in [-0.2, -0.15) is 0 Å². The number of hydrogen-bond donors (Lipinski definition) is 0. The third kappa shape index (κ3) is 2.53. The summed E-state index contributed by atoms with van der Waals surface area (Å²) in [5, 5.41) is 0.472. The smallest absolute Gasteiger partial charge is 0.134 e. The number of hydrogen-bond acceptors (Lipinski definition) is 2. The molecule has 16 heavy (non-hydrogen) atoms. The highest BCUT2D eigenvalue weighted by Gasteiger charge is 2.26. The van der Waals surface area contributed by atoms with Gasteiger partial charge < -0.3 is 0 Å². The van der Waals surface area contributed by atoms with E-state index < -0.39 is 10.8 Å². The van der Waals surface area contributed by atoms with Crippen LogP contribution in [0, 0.1) is 0 Å². The maximum Gasteiger partial charge on any atom is 0.134 e. The summed E-state index contributed by atoms with van der Waals surface area (Å²) in [4.78, 5) is 12.0. The summed E-state index contributed by atoms with van der Waals surface area (Å²) in [5.74, 6) is 0.219. The maximum absolute atomic E-state index is 12.2. The van der Waals surface area contributed by atoms with Crippen LogP contribution in [0.2, 0.25) is 5.02 Å². The van der Waals surface area contributed by atoms with Gasteiger partial charge >= 0.3 is 0 Å². The Bertz CT molecular complexity index is 431. The van der Waals surface area contributed by atoms with Gasteiger partial charge in [0.05, 0.1) is 20.7 Å². The molecule has 4 heteroatoms. The molecule has 0 aliphatic heterocycles. The molecule has 1 aliphatic carbocycles. The summed E-state index contributed by atoms with van der Waals surface area (Å²) >= 11 is 6.00. The predicted molar refractivity (Wildman–Crippen MR) is 65.1 cm³/mol. The third-order valence-electron chi connectivity index (χ3n) is 2.79. The summed E-state index contributed by atoms with van der Waals surface area (Å²) in [7, 11) is -1.15. The highest BCUT2D eigenvalue weighted by atomic mass is 35.5. The Morgan fingerprint density at radius 2 is 2.06 bits per heavy atom. The van der Waals surface area contributed by atoms with Gasteiger partial charge in [-0.1, -0.05) is 23.7 Å². The van der Waals surface area contributed by atoms with Crippen molar-refractivity contribution in [3.63, 3.8) is 0 Å². The van der Waals surface area contributed by atoms with Gasteiger partial charge in [0.1, 0.15) is 5.78 Å². The second-order valence-electron chi connectivity index (χ2n) is 3.98. The standard InChI is InChI=1S/C12H13ClO2S/c13-11-6-1-2-7-12(11)16(15)10-5-3-4-9(14)8-10/h1-2,6-7,10H,3-5,8H2. The van der Waals surface area contributed by atoms with Gasteiger partial charge in [0, 0.05) is 18.1 Å². The van der Waals surface area contributed by atoms with Gasteiger partial charge in [0.25, 0.3) is 0 Å². The van der Waals surface area contributed by atoms with Crippen LogP contribution < -0.4 is 0 Å². The minimum absolute atomic E-state index is 0.0545. The van der Waals surface area contributed by atoms with Crippen molar-refractivity contribution in [3.8, 4) is 0 Å². The van der Waals surface area contributed by atoms with E-state index in [-0.39, 0.29) is 11.0 Å². The minimum atomic E-state index is -1.15.